The third-order valence-electron chi connectivity index (χ3n) is 4.08. The molecule has 0 bridgehead atoms. The van der Waals surface area contributed by atoms with Gasteiger partial charge in [-0.1, -0.05) is 30.3 Å². The fourth-order valence-electron chi connectivity index (χ4n) is 2.71. The highest BCUT2D eigenvalue weighted by Gasteiger charge is 2.12. The van der Waals surface area contributed by atoms with Gasteiger partial charge in [-0.2, -0.15) is 0 Å². The summed E-state index contributed by atoms with van der Waals surface area (Å²) in [5.41, 5.74) is 1.41. The van der Waals surface area contributed by atoms with E-state index in [9.17, 15) is 9.90 Å². The zero-order valence-electron chi connectivity index (χ0n) is 14.6. The molecule has 6 nitrogen and oxygen atoms in total. The zero-order valence-corrected chi connectivity index (χ0v) is 14.6. The van der Waals surface area contributed by atoms with E-state index in [1.165, 1.54) is 18.7 Å². The zero-order chi connectivity index (χ0) is 18.4. The molecule has 0 aliphatic rings. The number of ether oxygens (including phenoxy) is 1. The summed E-state index contributed by atoms with van der Waals surface area (Å²) in [6, 6.07) is 14.7. The lowest BCUT2D eigenvalue weighted by atomic mass is 10.1. The first-order valence-corrected chi connectivity index (χ1v) is 8.36. The molecule has 1 aromatic heterocycles. The van der Waals surface area contributed by atoms with Crippen LogP contribution in [0.2, 0.25) is 0 Å². The number of phenols is 1. The molecule has 0 unspecified atom stereocenters. The van der Waals surface area contributed by atoms with Crippen LogP contribution in [0.25, 0.3) is 0 Å². The van der Waals surface area contributed by atoms with E-state index < -0.39 is 0 Å². The van der Waals surface area contributed by atoms with Crippen molar-refractivity contribution < 1.29 is 14.6 Å². The van der Waals surface area contributed by atoms with Crippen molar-refractivity contribution in [2.24, 2.45) is 0 Å². The van der Waals surface area contributed by atoms with Gasteiger partial charge in [0, 0.05) is 38.0 Å². The van der Waals surface area contributed by atoms with Crippen molar-refractivity contribution in [3.63, 3.8) is 0 Å². The molecule has 3 aromatic rings. The number of imidazole rings is 1. The lowest BCUT2D eigenvalue weighted by Crippen LogP contribution is -2.26. The topological polar surface area (TPSA) is 76.4 Å². The molecule has 0 atom stereocenters. The third-order valence-corrected chi connectivity index (χ3v) is 4.08. The highest BCUT2D eigenvalue weighted by molar-refractivity contribution is 5.96. The summed E-state index contributed by atoms with van der Waals surface area (Å²) in [4.78, 5) is 16.6. The summed E-state index contributed by atoms with van der Waals surface area (Å²) >= 11 is 0. The van der Waals surface area contributed by atoms with Crippen molar-refractivity contribution >= 4 is 5.91 Å². The molecule has 3 rings (SSSR count). The SMILES string of the molecule is COc1ccc(C(=O)NCCc2nccn2Cc2ccccc2)c(O)c1. The van der Waals surface area contributed by atoms with E-state index in [1.54, 1.807) is 18.3 Å². The molecular formula is C20H21N3O3. The monoisotopic (exact) mass is 351 g/mol. The fraction of sp³-hybridized carbons (Fsp3) is 0.200. The minimum Gasteiger partial charge on any atom is -0.507 e. The molecule has 0 saturated heterocycles. The number of aromatic hydroxyl groups is 1. The van der Waals surface area contributed by atoms with E-state index in [0.717, 1.165) is 12.4 Å². The molecule has 26 heavy (non-hydrogen) atoms. The average molecular weight is 351 g/mol. The summed E-state index contributed by atoms with van der Waals surface area (Å²) in [5, 5.41) is 12.7. The number of rotatable bonds is 7. The maximum Gasteiger partial charge on any atom is 0.255 e. The fourth-order valence-corrected chi connectivity index (χ4v) is 2.71. The first-order chi connectivity index (χ1) is 12.7. The van der Waals surface area contributed by atoms with Crippen molar-refractivity contribution in [1.29, 1.82) is 0 Å². The molecule has 1 amide bonds. The lowest BCUT2D eigenvalue weighted by molar-refractivity contribution is 0.0951. The van der Waals surface area contributed by atoms with Crippen LogP contribution in [0.15, 0.2) is 60.9 Å². The minimum absolute atomic E-state index is 0.104. The highest BCUT2D eigenvalue weighted by atomic mass is 16.5. The van der Waals surface area contributed by atoms with E-state index in [4.69, 9.17) is 4.74 Å². The van der Waals surface area contributed by atoms with Gasteiger partial charge in [0.1, 0.15) is 17.3 Å². The van der Waals surface area contributed by atoms with Gasteiger partial charge in [0.05, 0.1) is 12.7 Å². The number of hydrogen-bond donors (Lipinski definition) is 2. The van der Waals surface area contributed by atoms with E-state index in [-0.39, 0.29) is 17.2 Å². The molecule has 2 aromatic carbocycles. The van der Waals surface area contributed by atoms with Crippen LogP contribution in [0.5, 0.6) is 11.5 Å². The van der Waals surface area contributed by atoms with Crippen LogP contribution in [0.1, 0.15) is 21.7 Å². The van der Waals surface area contributed by atoms with Gasteiger partial charge in [-0.25, -0.2) is 4.98 Å². The van der Waals surface area contributed by atoms with E-state index in [1.807, 2.05) is 24.4 Å². The number of carbonyl (C=O) groups excluding carboxylic acids is 1. The predicted octanol–water partition coefficient (Wildman–Crippen LogP) is 2.62. The molecule has 0 aliphatic carbocycles. The predicted molar refractivity (Wildman–Crippen MR) is 98.5 cm³/mol. The second-order valence-corrected chi connectivity index (χ2v) is 5.85. The van der Waals surface area contributed by atoms with Gasteiger partial charge in [0.25, 0.3) is 5.91 Å². The van der Waals surface area contributed by atoms with Gasteiger partial charge in [0.15, 0.2) is 0 Å². The number of nitrogens with zero attached hydrogens (tertiary/aromatic N) is 2. The summed E-state index contributed by atoms with van der Waals surface area (Å²) in [7, 11) is 1.51. The Kier molecular flexibility index (Phi) is 5.53. The van der Waals surface area contributed by atoms with Gasteiger partial charge in [-0.15, -0.1) is 0 Å². The minimum atomic E-state index is -0.327. The Balaban J connectivity index is 1.57. The molecule has 0 fully saturated rings. The van der Waals surface area contributed by atoms with Crippen molar-refractivity contribution in [1.82, 2.24) is 14.9 Å². The molecule has 2 N–H and O–H groups in total. The van der Waals surface area contributed by atoms with Crippen molar-refractivity contribution in [2.45, 2.75) is 13.0 Å². The summed E-state index contributed by atoms with van der Waals surface area (Å²) in [5.74, 6) is 0.967. The highest BCUT2D eigenvalue weighted by Crippen LogP contribution is 2.23. The van der Waals surface area contributed by atoms with Gasteiger partial charge in [-0.05, 0) is 17.7 Å². The van der Waals surface area contributed by atoms with Crippen LogP contribution in [-0.4, -0.2) is 34.2 Å². The van der Waals surface area contributed by atoms with Crippen molar-refractivity contribution in [3.05, 3.63) is 77.9 Å². The summed E-state index contributed by atoms with van der Waals surface area (Å²) in [6.45, 7) is 1.17. The number of hydrogen-bond acceptors (Lipinski definition) is 4. The molecule has 134 valence electrons. The Labute approximate surface area is 152 Å². The van der Waals surface area contributed by atoms with Crippen LogP contribution in [0.4, 0.5) is 0 Å². The molecule has 0 spiro atoms. The molecule has 1 heterocycles. The number of nitrogens with one attached hydrogen (secondary N) is 1. The normalized spacial score (nSPS) is 10.5. The standard InChI is InChI=1S/C20H21N3O3/c1-26-16-7-8-17(18(24)13-16)20(25)22-10-9-19-21-11-12-23(19)14-15-5-3-2-4-6-15/h2-8,11-13,24H,9-10,14H2,1H3,(H,22,25). The van der Waals surface area contributed by atoms with Gasteiger partial charge < -0.3 is 19.7 Å². The Morgan fingerprint density at radius 2 is 2.04 bits per heavy atom. The second-order valence-electron chi connectivity index (χ2n) is 5.85. The lowest BCUT2D eigenvalue weighted by Gasteiger charge is -2.10. The molecule has 6 heteroatoms. The second kappa shape index (κ2) is 8.20. The van der Waals surface area contributed by atoms with Crippen LogP contribution in [0, 0.1) is 0 Å². The van der Waals surface area contributed by atoms with Gasteiger partial charge >= 0.3 is 0 Å². The van der Waals surface area contributed by atoms with Crippen molar-refractivity contribution in [3.8, 4) is 11.5 Å². The van der Waals surface area contributed by atoms with Crippen molar-refractivity contribution in [2.75, 3.05) is 13.7 Å². The number of benzene rings is 2. The largest absolute Gasteiger partial charge is 0.507 e. The molecular weight excluding hydrogens is 330 g/mol. The van der Waals surface area contributed by atoms with Crippen LogP contribution >= 0.6 is 0 Å². The molecule has 0 radical (unpaired) electrons. The third kappa shape index (κ3) is 4.22. The summed E-state index contributed by atoms with van der Waals surface area (Å²) in [6.07, 6.45) is 4.29. The Morgan fingerprint density at radius 1 is 1.23 bits per heavy atom. The van der Waals surface area contributed by atoms with Crippen LogP contribution in [-0.2, 0) is 13.0 Å². The maximum atomic E-state index is 12.2. The van der Waals surface area contributed by atoms with Crippen LogP contribution < -0.4 is 10.1 Å². The molecule has 0 saturated carbocycles. The average Bonchev–Trinajstić information content (AvgIpc) is 3.09. The Bertz CT molecular complexity index is 875. The number of methoxy groups -OCH3 is 1. The quantitative estimate of drug-likeness (QED) is 0.686. The number of aromatic nitrogens is 2. The smallest absolute Gasteiger partial charge is 0.255 e. The first-order valence-electron chi connectivity index (χ1n) is 8.36. The molecule has 0 aliphatic heterocycles. The van der Waals surface area contributed by atoms with Gasteiger partial charge in [-0.3, -0.25) is 4.79 Å². The first kappa shape index (κ1) is 17.5. The Hall–Kier alpha value is -3.28. The Morgan fingerprint density at radius 3 is 2.77 bits per heavy atom. The van der Waals surface area contributed by atoms with E-state index in [0.29, 0.717) is 18.7 Å². The van der Waals surface area contributed by atoms with E-state index in [2.05, 4.69) is 27.0 Å². The number of amides is 1. The number of phenolic OH excluding ortho intramolecular Hbond substituents is 1. The van der Waals surface area contributed by atoms with Crippen LogP contribution in [0.3, 0.4) is 0 Å². The van der Waals surface area contributed by atoms with E-state index >= 15 is 0 Å². The van der Waals surface area contributed by atoms with Gasteiger partial charge in [0.2, 0.25) is 0 Å². The summed E-state index contributed by atoms with van der Waals surface area (Å²) < 4.78 is 7.08. The maximum absolute atomic E-state index is 12.2. The number of carbonyl (C=O) groups is 1.